The van der Waals surface area contributed by atoms with E-state index in [1.54, 1.807) is 5.51 Å². The van der Waals surface area contributed by atoms with Crippen LogP contribution in [0.3, 0.4) is 0 Å². The van der Waals surface area contributed by atoms with Crippen LogP contribution < -0.4 is 9.47 Å². The number of amides is 1. The topological polar surface area (TPSA) is 64.6 Å². The first-order valence-corrected chi connectivity index (χ1v) is 10.3. The minimum absolute atomic E-state index is 0.111. The van der Waals surface area contributed by atoms with Gasteiger partial charge >= 0.3 is 0 Å². The quantitative estimate of drug-likeness (QED) is 0.763. The van der Waals surface area contributed by atoms with Crippen LogP contribution in [0.4, 0.5) is 0 Å². The van der Waals surface area contributed by atoms with E-state index in [4.69, 9.17) is 9.47 Å². The first-order valence-electron chi connectivity index (χ1n) is 8.39. The van der Waals surface area contributed by atoms with E-state index in [0.29, 0.717) is 19.0 Å². The Morgan fingerprint density at radius 3 is 3.00 bits per heavy atom. The third-order valence-electron chi connectivity index (χ3n) is 4.39. The van der Waals surface area contributed by atoms with Gasteiger partial charge in [0.2, 0.25) is 5.91 Å². The van der Waals surface area contributed by atoms with Crippen LogP contribution in [0.2, 0.25) is 0 Å². The van der Waals surface area contributed by atoms with Crippen molar-refractivity contribution < 1.29 is 14.3 Å². The molecule has 4 rings (SSSR count). The number of carbonyl (C=O) groups excluding carboxylic acids is 1. The Labute approximate surface area is 154 Å². The number of nitrogens with zero attached hydrogens (tertiary/aromatic N) is 3. The number of ether oxygens (including phenoxy) is 2. The summed E-state index contributed by atoms with van der Waals surface area (Å²) in [6, 6.07) is 6.17. The average molecular weight is 377 g/mol. The predicted octanol–water partition coefficient (Wildman–Crippen LogP) is 3.16. The van der Waals surface area contributed by atoms with Crippen LogP contribution in [0, 0.1) is 0 Å². The Bertz CT molecular complexity index is 739. The number of hydrogen-bond donors (Lipinski definition) is 0. The highest BCUT2D eigenvalue weighted by molar-refractivity contribution is 8.01. The van der Waals surface area contributed by atoms with Gasteiger partial charge in [-0.3, -0.25) is 4.79 Å². The summed E-state index contributed by atoms with van der Waals surface area (Å²) >= 11 is 2.92. The molecule has 0 radical (unpaired) electrons. The van der Waals surface area contributed by atoms with Crippen molar-refractivity contribution >= 4 is 29.0 Å². The molecule has 1 fully saturated rings. The highest BCUT2D eigenvalue weighted by Crippen LogP contribution is 2.38. The van der Waals surface area contributed by atoms with Crippen LogP contribution in [0.1, 0.15) is 30.9 Å². The number of rotatable bonds is 4. The summed E-state index contributed by atoms with van der Waals surface area (Å²) in [5, 5.41) is 7.79. The third-order valence-corrected chi connectivity index (χ3v) is 6.23. The standard InChI is InChI=1S/C17H19N3O3S2/c21-16(10-24-17-19-18-11-25-17)20-6-1-3-13(20)12-4-5-14-15(9-12)23-8-2-7-22-14/h4-5,9,11,13H,1-3,6-8,10H2/t13-/m0/s1. The van der Waals surface area contributed by atoms with Gasteiger partial charge in [-0.15, -0.1) is 10.2 Å². The van der Waals surface area contributed by atoms with Crippen LogP contribution in [0.15, 0.2) is 28.0 Å². The molecule has 25 heavy (non-hydrogen) atoms. The molecular formula is C17H19N3O3S2. The summed E-state index contributed by atoms with van der Waals surface area (Å²) < 4.78 is 12.3. The Kier molecular flexibility index (Phi) is 5.07. The SMILES string of the molecule is O=C(CSc1nncs1)N1CCC[C@H]1c1ccc2c(c1)OCCCO2. The first kappa shape index (κ1) is 16.7. The van der Waals surface area contributed by atoms with E-state index in [1.165, 1.54) is 23.1 Å². The lowest BCUT2D eigenvalue weighted by molar-refractivity contribution is -0.129. The van der Waals surface area contributed by atoms with Gasteiger partial charge in [-0.1, -0.05) is 29.2 Å². The van der Waals surface area contributed by atoms with Crippen LogP contribution in [-0.4, -0.2) is 46.5 Å². The molecule has 0 N–H and O–H groups in total. The number of fused-ring (bicyclic) bond motifs is 1. The maximum Gasteiger partial charge on any atom is 0.233 e. The Balaban J connectivity index is 1.47. The second-order valence-electron chi connectivity index (χ2n) is 6.00. The zero-order valence-corrected chi connectivity index (χ0v) is 15.4. The minimum Gasteiger partial charge on any atom is -0.490 e. The van der Waals surface area contributed by atoms with Crippen molar-refractivity contribution in [2.75, 3.05) is 25.5 Å². The molecule has 0 spiro atoms. The molecule has 1 amide bonds. The highest BCUT2D eigenvalue weighted by atomic mass is 32.2. The number of carbonyl (C=O) groups is 1. The monoisotopic (exact) mass is 377 g/mol. The lowest BCUT2D eigenvalue weighted by Gasteiger charge is -2.25. The van der Waals surface area contributed by atoms with Crippen molar-refractivity contribution in [3.05, 3.63) is 29.3 Å². The van der Waals surface area contributed by atoms with E-state index < -0.39 is 0 Å². The van der Waals surface area contributed by atoms with Crippen LogP contribution in [0.25, 0.3) is 0 Å². The minimum atomic E-state index is 0.111. The number of benzene rings is 1. The largest absolute Gasteiger partial charge is 0.490 e. The van der Waals surface area contributed by atoms with Gasteiger partial charge in [0.25, 0.3) is 0 Å². The van der Waals surface area contributed by atoms with E-state index in [9.17, 15) is 4.79 Å². The number of hydrogen-bond acceptors (Lipinski definition) is 7. The number of aromatic nitrogens is 2. The molecule has 1 aromatic carbocycles. The van der Waals surface area contributed by atoms with Gasteiger partial charge in [0, 0.05) is 13.0 Å². The van der Waals surface area contributed by atoms with Crippen LogP contribution in [-0.2, 0) is 4.79 Å². The van der Waals surface area contributed by atoms with E-state index in [2.05, 4.69) is 16.3 Å². The first-order chi connectivity index (χ1) is 12.3. The van der Waals surface area contributed by atoms with E-state index >= 15 is 0 Å². The lowest BCUT2D eigenvalue weighted by Crippen LogP contribution is -2.32. The molecular weight excluding hydrogens is 358 g/mol. The van der Waals surface area contributed by atoms with Gasteiger partial charge in [-0.05, 0) is 30.5 Å². The van der Waals surface area contributed by atoms with E-state index in [1.807, 2.05) is 17.0 Å². The molecule has 0 saturated carbocycles. The summed E-state index contributed by atoms with van der Waals surface area (Å²) in [5.74, 6) is 2.13. The van der Waals surface area contributed by atoms with E-state index in [-0.39, 0.29) is 11.9 Å². The van der Waals surface area contributed by atoms with Gasteiger partial charge in [0.1, 0.15) is 5.51 Å². The normalized spacial score (nSPS) is 19.7. The maximum absolute atomic E-state index is 12.7. The lowest BCUT2D eigenvalue weighted by atomic mass is 10.0. The molecule has 2 aliphatic heterocycles. The van der Waals surface area contributed by atoms with Crippen LogP contribution >= 0.6 is 23.1 Å². The Hall–Kier alpha value is -1.80. The molecule has 0 bridgehead atoms. The highest BCUT2D eigenvalue weighted by Gasteiger charge is 2.30. The molecule has 2 aliphatic rings. The molecule has 1 aromatic heterocycles. The second kappa shape index (κ2) is 7.61. The zero-order chi connectivity index (χ0) is 17.1. The van der Waals surface area contributed by atoms with Gasteiger partial charge in [-0.2, -0.15) is 0 Å². The average Bonchev–Trinajstić information content (AvgIpc) is 3.27. The molecule has 1 atom stereocenters. The summed E-state index contributed by atoms with van der Waals surface area (Å²) in [5.41, 5.74) is 2.81. The van der Waals surface area contributed by atoms with Crippen molar-refractivity contribution in [3.63, 3.8) is 0 Å². The Morgan fingerprint density at radius 1 is 1.28 bits per heavy atom. The molecule has 0 aliphatic carbocycles. The molecule has 132 valence electrons. The summed E-state index contributed by atoms with van der Waals surface area (Å²) in [6.07, 6.45) is 2.89. The molecule has 2 aromatic rings. The third kappa shape index (κ3) is 3.74. The van der Waals surface area contributed by atoms with Gasteiger partial charge in [0.15, 0.2) is 15.8 Å². The predicted molar refractivity (Wildman–Crippen MR) is 96.4 cm³/mol. The molecule has 6 nitrogen and oxygen atoms in total. The molecule has 1 saturated heterocycles. The van der Waals surface area contributed by atoms with E-state index in [0.717, 1.165) is 47.2 Å². The summed E-state index contributed by atoms with van der Waals surface area (Å²) in [4.78, 5) is 14.7. The van der Waals surface area contributed by atoms with Gasteiger partial charge in [-0.25, -0.2) is 0 Å². The summed E-state index contributed by atoms with van der Waals surface area (Å²) in [6.45, 7) is 2.15. The van der Waals surface area contributed by atoms with Crippen LogP contribution in [0.5, 0.6) is 11.5 Å². The molecule has 0 unspecified atom stereocenters. The molecule has 8 heteroatoms. The maximum atomic E-state index is 12.7. The fraction of sp³-hybridized carbons (Fsp3) is 0.471. The van der Waals surface area contributed by atoms with Crippen molar-refractivity contribution in [1.29, 1.82) is 0 Å². The van der Waals surface area contributed by atoms with Crippen molar-refractivity contribution in [3.8, 4) is 11.5 Å². The fourth-order valence-corrected chi connectivity index (χ4v) is 4.61. The zero-order valence-electron chi connectivity index (χ0n) is 13.7. The summed E-state index contributed by atoms with van der Waals surface area (Å²) in [7, 11) is 0. The number of thioether (sulfide) groups is 1. The number of likely N-dealkylation sites (tertiary alicyclic amines) is 1. The fourth-order valence-electron chi connectivity index (χ4n) is 3.23. The Morgan fingerprint density at radius 2 is 2.16 bits per heavy atom. The van der Waals surface area contributed by atoms with Gasteiger partial charge in [0.05, 0.1) is 25.0 Å². The molecule has 3 heterocycles. The van der Waals surface area contributed by atoms with Crippen molar-refractivity contribution in [2.24, 2.45) is 0 Å². The van der Waals surface area contributed by atoms with Gasteiger partial charge < -0.3 is 14.4 Å². The van der Waals surface area contributed by atoms with Crippen molar-refractivity contribution in [2.45, 2.75) is 29.6 Å². The van der Waals surface area contributed by atoms with Crippen molar-refractivity contribution in [1.82, 2.24) is 15.1 Å². The second-order valence-corrected chi connectivity index (χ2v) is 8.05. The smallest absolute Gasteiger partial charge is 0.233 e.